The number of anilines is 1. The van der Waals surface area contributed by atoms with Gasteiger partial charge in [0.05, 0.1) is 19.4 Å². The Kier molecular flexibility index (Phi) is 5.00. The lowest BCUT2D eigenvalue weighted by Gasteiger charge is -2.33. The highest BCUT2D eigenvalue weighted by molar-refractivity contribution is 5.77. The Bertz CT molecular complexity index is 820. The third kappa shape index (κ3) is 3.63. The van der Waals surface area contributed by atoms with Crippen LogP contribution in [0.4, 0.5) is 5.69 Å². The maximum absolute atomic E-state index is 10.9. The molecule has 1 heterocycles. The minimum atomic E-state index is 0.516. The van der Waals surface area contributed by atoms with E-state index < -0.39 is 0 Å². The predicted molar refractivity (Wildman–Crippen MR) is 99.1 cm³/mol. The topological polar surface area (TPSA) is 38.8 Å². The first-order chi connectivity index (χ1) is 12.2. The van der Waals surface area contributed by atoms with Gasteiger partial charge in [0.1, 0.15) is 17.8 Å². The van der Waals surface area contributed by atoms with E-state index in [-0.39, 0.29) is 0 Å². The van der Waals surface area contributed by atoms with Crippen LogP contribution in [-0.2, 0) is 9.53 Å². The number of para-hydroxylation sites is 1. The van der Waals surface area contributed by atoms with Crippen LogP contribution in [0.5, 0.6) is 5.75 Å². The number of aldehydes is 1. The first-order valence-corrected chi connectivity index (χ1v) is 7.91. The second kappa shape index (κ2) is 7.53. The number of rotatable bonds is 5. The van der Waals surface area contributed by atoms with E-state index in [0.29, 0.717) is 18.1 Å². The van der Waals surface area contributed by atoms with E-state index >= 15 is 0 Å². The molecule has 0 spiro atoms. The lowest BCUT2D eigenvalue weighted by molar-refractivity contribution is -0.104. The summed E-state index contributed by atoms with van der Waals surface area (Å²) in [4.78, 5) is 13.0. The molecule has 0 radical (unpaired) electrons. The van der Waals surface area contributed by atoms with Crippen LogP contribution in [0.1, 0.15) is 5.56 Å². The highest BCUT2D eigenvalue weighted by atomic mass is 16.5. The zero-order valence-electron chi connectivity index (χ0n) is 14.0. The summed E-state index contributed by atoms with van der Waals surface area (Å²) in [6.45, 7) is 4.51. The molecule has 0 aliphatic carbocycles. The average molecular weight is 333 g/mol. The van der Waals surface area contributed by atoms with Gasteiger partial charge in [0.25, 0.3) is 0 Å². The molecule has 1 aliphatic rings. The molecule has 0 aromatic heterocycles. The molecule has 4 nitrogen and oxygen atoms in total. The van der Waals surface area contributed by atoms with Gasteiger partial charge in [-0.1, -0.05) is 24.8 Å². The Morgan fingerprint density at radius 1 is 1.12 bits per heavy atom. The lowest BCUT2D eigenvalue weighted by atomic mass is 10.1. The van der Waals surface area contributed by atoms with E-state index in [2.05, 4.69) is 11.5 Å². The number of methoxy groups -OCH3 is 1. The standard InChI is InChI=1S/C21H19NO3/c1-16-15-22(18-7-4-3-5-8-18)20(9-6-14-23)21(25-16)17-10-12-19(24-2)13-11-17/h3-14H,1,15H2,2H3/b9-6+. The molecule has 25 heavy (non-hydrogen) atoms. The highest BCUT2D eigenvalue weighted by Crippen LogP contribution is 2.34. The van der Waals surface area contributed by atoms with Crippen LogP contribution in [0.25, 0.3) is 5.76 Å². The van der Waals surface area contributed by atoms with Crippen molar-refractivity contribution in [3.05, 3.63) is 90.3 Å². The Labute approximate surface area is 147 Å². The summed E-state index contributed by atoms with van der Waals surface area (Å²) >= 11 is 0. The number of hydrogen-bond donors (Lipinski definition) is 0. The van der Waals surface area contributed by atoms with Gasteiger partial charge in [0.15, 0.2) is 5.76 Å². The van der Waals surface area contributed by atoms with Gasteiger partial charge in [-0.25, -0.2) is 0 Å². The molecule has 0 N–H and O–H groups in total. The minimum absolute atomic E-state index is 0.516. The summed E-state index contributed by atoms with van der Waals surface area (Å²) in [7, 11) is 1.63. The van der Waals surface area contributed by atoms with Crippen LogP contribution in [0.3, 0.4) is 0 Å². The molecule has 126 valence electrons. The second-order valence-corrected chi connectivity index (χ2v) is 5.50. The Morgan fingerprint density at radius 3 is 2.48 bits per heavy atom. The number of ether oxygens (including phenoxy) is 2. The zero-order valence-corrected chi connectivity index (χ0v) is 14.0. The monoisotopic (exact) mass is 333 g/mol. The summed E-state index contributed by atoms with van der Waals surface area (Å²) < 4.78 is 11.2. The van der Waals surface area contributed by atoms with Crippen molar-refractivity contribution in [3.8, 4) is 5.75 Å². The van der Waals surface area contributed by atoms with Crippen molar-refractivity contribution in [2.45, 2.75) is 0 Å². The van der Waals surface area contributed by atoms with Crippen molar-refractivity contribution in [1.82, 2.24) is 0 Å². The van der Waals surface area contributed by atoms with Crippen LogP contribution < -0.4 is 9.64 Å². The smallest absolute Gasteiger partial charge is 0.157 e. The molecule has 3 rings (SSSR count). The molecule has 0 bridgehead atoms. The summed E-state index contributed by atoms with van der Waals surface area (Å²) in [6.07, 6.45) is 3.98. The first-order valence-electron chi connectivity index (χ1n) is 7.91. The van der Waals surface area contributed by atoms with Crippen molar-refractivity contribution in [3.63, 3.8) is 0 Å². The fourth-order valence-electron chi connectivity index (χ4n) is 2.70. The first kappa shape index (κ1) is 16.6. The average Bonchev–Trinajstić information content (AvgIpc) is 2.67. The highest BCUT2D eigenvalue weighted by Gasteiger charge is 2.24. The zero-order chi connectivity index (χ0) is 17.6. The fraction of sp³-hybridized carbons (Fsp3) is 0.0952. The molecule has 0 saturated carbocycles. The van der Waals surface area contributed by atoms with E-state index in [9.17, 15) is 4.79 Å². The quantitative estimate of drug-likeness (QED) is 0.608. The summed E-state index contributed by atoms with van der Waals surface area (Å²) in [6, 6.07) is 17.5. The van der Waals surface area contributed by atoms with E-state index in [1.807, 2.05) is 54.6 Å². The number of benzene rings is 2. The molecule has 0 amide bonds. The summed E-state index contributed by atoms with van der Waals surface area (Å²) in [5.41, 5.74) is 2.69. The number of allylic oxidation sites excluding steroid dienone is 2. The SMILES string of the molecule is C=C1CN(c2ccccc2)C(/C=C/C=O)=C(c2ccc(OC)cc2)O1. The molecular formula is C21H19NO3. The van der Waals surface area contributed by atoms with Gasteiger partial charge >= 0.3 is 0 Å². The molecule has 2 aromatic rings. The van der Waals surface area contributed by atoms with Gasteiger partial charge in [-0.2, -0.15) is 0 Å². The number of hydrogen-bond acceptors (Lipinski definition) is 4. The van der Waals surface area contributed by atoms with Crippen LogP contribution in [-0.4, -0.2) is 19.9 Å². The van der Waals surface area contributed by atoms with E-state index in [4.69, 9.17) is 9.47 Å². The van der Waals surface area contributed by atoms with Crippen molar-refractivity contribution < 1.29 is 14.3 Å². The third-order valence-electron chi connectivity index (χ3n) is 3.86. The van der Waals surface area contributed by atoms with Crippen LogP contribution in [0.2, 0.25) is 0 Å². The number of carbonyl (C=O) groups is 1. The Hall–Kier alpha value is -3.27. The largest absolute Gasteiger partial charge is 0.497 e. The minimum Gasteiger partial charge on any atom is -0.497 e. The van der Waals surface area contributed by atoms with Crippen molar-refractivity contribution in [2.24, 2.45) is 0 Å². The molecule has 1 aliphatic heterocycles. The molecule has 0 unspecified atom stereocenters. The van der Waals surface area contributed by atoms with Gasteiger partial charge in [0.2, 0.25) is 0 Å². The normalized spacial score (nSPS) is 14.6. The maximum atomic E-state index is 10.9. The van der Waals surface area contributed by atoms with Crippen molar-refractivity contribution >= 4 is 17.7 Å². The Balaban J connectivity index is 2.13. The summed E-state index contributed by atoms with van der Waals surface area (Å²) in [5, 5.41) is 0. The van der Waals surface area contributed by atoms with E-state index in [1.165, 1.54) is 6.08 Å². The molecule has 0 fully saturated rings. The van der Waals surface area contributed by atoms with Crippen molar-refractivity contribution in [1.29, 1.82) is 0 Å². The number of nitrogens with zero attached hydrogens (tertiary/aromatic N) is 1. The van der Waals surface area contributed by atoms with Crippen LogP contribution in [0, 0.1) is 0 Å². The fourth-order valence-corrected chi connectivity index (χ4v) is 2.70. The van der Waals surface area contributed by atoms with Gasteiger partial charge in [-0.15, -0.1) is 0 Å². The molecule has 0 saturated heterocycles. The molecule has 4 heteroatoms. The van der Waals surface area contributed by atoms with E-state index in [0.717, 1.165) is 29.0 Å². The van der Waals surface area contributed by atoms with E-state index in [1.54, 1.807) is 13.2 Å². The van der Waals surface area contributed by atoms with Gasteiger partial charge in [0, 0.05) is 11.3 Å². The van der Waals surface area contributed by atoms with Gasteiger partial charge in [-0.3, -0.25) is 4.79 Å². The molecule has 0 atom stereocenters. The lowest BCUT2D eigenvalue weighted by Crippen LogP contribution is -2.30. The second-order valence-electron chi connectivity index (χ2n) is 5.50. The summed E-state index contributed by atoms with van der Waals surface area (Å²) in [5.74, 6) is 2.06. The predicted octanol–water partition coefficient (Wildman–Crippen LogP) is 4.17. The third-order valence-corrected chi connectivity index (χ3v) is 3.86. The van der Waals surface area contributed by atoms with Crippen molar-refractivity contribution in [2.75, 3.05) is 18.6 Å². The Morgan fingerprint density at radius 2 is 1.84 bits per heavy atom. The molecular weight excluding hydrogens is 314 g/mol. The molecule has 2 aromatic carbocycles. The van der Waals surface area contributed by atoms with Gasteiger partial charge in [-0.05, 0) is 48.6 Å². The van der Waals surface area contributed by atoms with Gasteiger partial charge < -0.3 is 14.4 Å². The van der Waals surface area contributed by atoms with Crippen LogP contribution in [0.15, 0.2) is 84.8 Å². The number of carbonyl (C=O) groups excluding carboxylic acids is 1. The van der Waals surface area contributed by atoms with Crippen LogP contribution >= 0.6 is 0 Å². The maximum Gasteiger partial charge on any atom is 0.157 e.